The van der Waals surface area contributed by atoms with Gasteiger partial charge in [0.05, 0.1) is 5.56 Å². The lowest BCUT2D eigenvalue weighted by Gasteiger charge is -2.13. The summed E-state index contributed by atoms with van der Waals surface area (Å²) in [4.78, 5) is 36.5. The van der Waals surface area contributed by atoms with Crippen LogP contribution in [0.4, 0.5) is 0 Å². The van der Waals surface area contributed by atoms with Crippen LogP contribution in [0, 0.1) is 0 Å². The van der Waals surface area contributed by atoms with Crippen LogP contribution in [0.1, 0.15) is 28.8 Å². The van der Waals surface area contributed by atoms with Crippen molar-refractivity contribution in [2.45, 2.75) is 19.4 Å². The molecule has 0 aromatic heterocycles. The van der Waals surface area contributed by atoms with Gasteiger partial charge in [-0.15, -0.1) is 0 Å². The van der Waals surface area contributed by atoms with E-state index in [0.717, 1.165) is 10.5 Å². The molecule has 2 aromatic carbocycles. The summed E-state index contributed by atoms with van der Waals surface area (Å²) >= 11 is 0. The molecule has 134 valence electrons. The second kappa shape index (κ2) is 8.29. The van der Waals surface area contributed by atoms with Crippen molar-refractivity contribution in [3.63, 3.8) is 0 Å². The van der Waals surface area contributed by atoms with Crippen molar-refractivity contribution in [3.05, 3.63) is 65.7 Å². The van der Waals surface area contributed by atoms with Crippen LogP contribution in [-0.4, -0.2) is 35.8 Å². The molecular formula is C20H19NO5. The fourth-order valence-electron chi connectivity index (χ4n) is 2.63. The maximum absolute atomic E-state index is 12.0. The van der Waals surface area contributed by atoms with E-state index in [2.05, 4.69) is 0 Å². The molecule has 1 heterocycles. The van der Waals surface area contributed by atoms with Gasteiger partial charge in [-0.25, -0.2) is 4.79 Å². The smallest absolute Gasteiger partial charge is 0.338 e. The molecule has 1 fully saturated rings. The van der Waals surface area contributed by atoms with Crippen molar-refractivity contribution >= 4 is 17.8 Å². The maximum Gasteiger partial charge on any atom is 0.338 e. The molecule has 0 saturated carbocycles. The minimum Gasteiger partial charge on any atom is -0.489 e. The summed E-state index contributed by atoms with van der Waals surface area (Å²) in [5, 5.41) is 0. The number of benzene rings is 2. The van der Waals surface area contributed by atoms with Gasteiger partial charge in [-0.1, -0.05) is 30.3 Å². The lowest BCUT2D eigenvalue weighted by Crippen LogP contribution is -2.35. The molecular weight excluding hydrogens is 334 g/mol. The summed E-state index contributed by atoms with van der Waals surface area (Å²) in [7, 11) is 0. The van der Waals surface area contributed by atoms with Gasteiger partial charge >= 0.3 is 5.97 Å². The highest BCUT2D eigenvalue weighted by atomic mass is 16.5. The second-order valence-electron chi connectivity index (χ2n) is 5.92. The van der Waals surface area contributed by atoms with Crippen LogP contribution < -0.4 is 4.74 Å². The number of likely N-dealkylation sites (tertiary alicyclic amines) is 1. The van der Waals surface area contributed by atoms with Gasteiger partial charge in [0.15, 0.2) is 6.61 Å². The monoisotopic (exact) mass is 353 g/mol. The third-order valence-electron chi connectivity index (χ3n) is 4.04. The number of hydrogen-bond acceptors (Lipinski definition) is 5. The molecule has 0 spiro atoms. The van der Waals surface area contributed by atoms with Gasteiger partial charge in [0.25, 0.3) is 5.91 Å². The molecule has 0 radical (unpaired) electrons. The summed E-state index contributed by atoms with van der Waals surface area (Å²) in [5.74, 6) is -0.682. The first-order chi connectivity index (χ1) is 12.6. The number of rotatable bonds is 6. The van der Waals surface area contributed by atoms with Gasteiger partial charge in [0.2, 0.25) is 5.91 Å². The van der Waals surface area contributed by atoms with E-state index in [1.165, 1.54) is 0 Å². The summed E-state index contributed by atoms with van der Waals surface area (Å²) in [6.07, 6.45) is 1.02. The van der Waals surface area contributed by atoms with Crippen molar-refractivity contribution in [2.24, 2.45) is 0 Å². The van der Waals surface area contributed by atoms with E-state index in [1.54, 1.807) is 24.3 Å². The third-order valence-corrected chi connectivity index (χ3v) is 4.04. The van der Waals surface area contributed by atoms with Crippen LogP contribution in [0.25, 0.3) is 0 Å². The SMILES string of the molecule is O=C(OCC(=O)N1CCCC1=O)c1ccc(OCc2ccccc2)cc1. The molecule has 2 aromatic rings. The molecule has 0 N–H and O–H groups in total. The van der Waals surface area contributed by atoms with E-state index >= 15 is 0 Å². The zero-order valence-electron chi connectivity index (χ0n) is 14.2. The number of ether oxygens (including phenoxy) is 2. The van der Waals surface area contributed by atoms with Crippen LogP contribution in [0.15, 0.2) is 54.6 Å². The van der Waals surface area contributed by atoms with E-state index in [4.69, 9.17) is 9.47 Å². The van der Waals surface area contributed by atoms with Crippen LogP contribution in [0.2, 0.25) is 0 Å². The highest BCUT2D eigenvalue weighted by Gasteiger charge is 2.27. The normalized spacial score (nSPS) is 13.5. The Bertz CT molecular complexity index is 786. The first-order valence-corrected chi connectivity index (χ1v) is 8.40. The molecule has 0 bridgehead atoms. The van der Waals surface area contributed by atoms with Gasteiger partial charge in [0, 0.05) is 13.0 Å². The van der Waals surface area contributed by atoms with Crippen LogP contribution in [-0.2, 0) is 20.9 Å². The summed E-state index contributed by atoms with van der Waals surface area (Å²) in [6, 6.07) is 16.2. The van der Waals surface area contributed by atoms with Crippen LogP contribution in [0.5, 0.6) is 5.75 Å². The zero-order valence-corrected chi connectivity index (χ0v) is 14.2. The second-order valence-corrected chi connectivity index (χ2v) is 5.92. The maximum atomic E-state index is 12.0. The number of hydrogen-bond donors (Lipinski definition) is 0. The van der Waals surface area contributed by atoms with Crippen LogP contribution in [0.3, 0.4) is 0 Å². The molecule has 6 heteroatoms. The molecule has 0 atom stereocenters. The highest BCUT2D eigenvalue weighted by molar-refractivity contribution is 5.98. The highest BCUT2D eigenvalue weighted by Crippen LogP contribution is 2.15. The molecule has 1 saturated heterocycles. The fraction of sp³-hybridized carbons (Fsp3) is 0.250. The van der Waals surface area contributed by atoms with Gasteiger partial charge in [-0.2, -0.15) is 0 Å². The van der Waals surface area contributed by atoms with E-state index in [-0.39, 0.29) is 5.91 Å². The Morgan fingerprint density at radius 2 is 1.73 bits per heavy atom. The summed E-state index contributed by atoms with van der Waals surface area (Å²) < 4.78 is 10.7. The predicted molar refractivity (Wildman–Crippen MR) is 93.5 cm³/mol. The summed E-state index contributed by atoms with van der Waals surface area (Å²) in [6.45, 7) is 0.391. The molecule has 0 aliphatic carbocycles. The van der Waals surface area contributed by atoms with Crippen molar-refractivity contribution in [1.29, 1.82) is 0 Å². The van der Waals surface area contributed by atoms with Crippen molar-refractivity contribution in [3.8, 4) is 5.75 Å². The van der Waals surface area contributed by atoms with Crippen molar-refractivity contribution < 1.29 is 23.9 Å². The van der Waals surface area contributed by atoms with Crippen LogP contribution >= 0.6 is 0 Å². The van der Waals surface area contributed by atoms with Gasteiger partial charge in [0.1, 0.15) is 12.4 Å². The van der Waals surface area contributed by atoms with Crippen molar-refractivity contribution in [1.82, 2.24) is 4.90 Å². The van der Waals surface area contributed by atoms with Gasteiger partial charge in [-0.3, -0.25) is 14.5 Å². The average Bonchev–Trinajstić information content (AvgIpc) is 3.11. The predicted octanol–water partition coefficient (Wildman–Crippen LogP) is 2.57. The molecule has 0 unspecified atom stereocenters. The zero-order chi connectivity index (χ0) is 18.4. The number of esters is 1. The van der Waals surface area contributed by atoms with Crippen molar-refractivity contribution in [2.75, 3.05) is 13.2 Å². The Balaban J connectivity index is 1.49. The first-order valence-electron chi connectivity index (χ1n) is 8.40. The minimum absolute atomic E-state index is 0.217. The molecule has 1 aliphatic heterocycles. The Hall–Kier alpha value is -3.15. The molecule has 26 heavy (non-hydrogen) atoms. The Morgan fingerprint density at radius 3 is 2.38 bits per heavy atom. The average molecular weight is 353 g/mol. The summed E-state index contributed by atoms with van der Waals surface area (Å²) in [5.41, 5.74) is 1.36. The minimum atomic E-state index is -0.611. The number of imide groups is 1. The topological polar surface area (TPSA) is 72.9 Å². The number of nitrogens with zero attached hydrogens (tertiary/aromatic N) is 1. The lowest BCUT2D eigenvalue weighted by molar-refractivity contribution is -0.143. The molecule has 2 amide bonds. The largest absolute Gasteiger partial charge is 0.489 e. The number of carbonyl (C=O) groups excluding carboxylic acids is 3. The number of amides is 2. The van der Waals surface area contributed by atoms with E-state index in [0.29, 0.717) is 37.3 Å². The Kier molecular flexibility index (Phi) is 5.63. The van der Waals surface area contributed by atoms with E-state index in [9.17, 15) is 14.4 Å². The third kappa shape index (κ3) is 4.47. The fourth-order valence-corrected chi connectivity index (χ4v) is 2.63. The molecule has 3 rings (SSSR count). The standard InChI is InChI=1S/C20H19NO5/c22-18-7-4-12-21(18)19(23)14-26-20(24)16-8-10-17(11-9-16)25-13-15-5-2-1-3-6-15/h1-3,5-6,8-11H,4,7,12-14H2. The molecule has 1 aliphatic rings. The van der Waals surface area contributed by atoms with Gasteiger partial charge < -0.3 is 9.47 Å². The number of carbonyl (C=O) groups is 3. The Labute approximate surface area is 151 Å². The Morgan fingerprint density at radius 1 is 1.00 bits per heavy atom. The van der Waals surface area contributed by atoms with Gasteiger partial charge in [-0.05, 0) is 36.2 Å². The first kappa shape index (κ1) is 17.7. The molecule has 6 nitrogen and oxygen atoms in total. The van der Waals surface area contributed by atoms with E-state index in [1.807, 2.05) is 30.3 Å². The van der Waals surface area contributed by atoms with E-state index < -0.39 is 18.5 Å². The quantitative estimate of drug-likeness (QED) is 0.747. The lowest BCUT2D eigenvalue weighted by atomic mass is 10.2.